The molecule has 0 amide bonds. The van der Waals surface area contributed by atoms with Gasteiger partial charge in [-0.1, -0.05) is 0 Å². The number of alkyl halides is 6. The van der Waals surface area contributed by atoms with Gasteiger partial charge in [-0.25, -0.2) is 0 Å². The van der Waals surface area contributed by atoms with Crippen LogP contribution < -0.4 is 0 Å². The number of hydrogen-bond donors (Lipinski definition) is 0. The summed E-state index contributed by atoms with van der Waals surface area (Å²) >= 11 is 34.8. The van der Waals surface area contributed by atoms with Crippen LogP contribution in [-0.2, 0) is 27.1 Å². The highest BCUT2D eigenvalue weighted by molar-refractivity contribution is 7.42. The maximum atomic E-state index is 6.13. The first kappa shape index (κ1) is 29.4. The zero-order valence-electron chi connectivity index (χ0n) is 14.6. The maximum Gasteiger partial charge on any atom is 0.332 e. The van der Waals surface area contributed by atoms with Gasteiger partial charge in [-0.05, 0) is 0 Å². The predicted octanol–water partition coefficient (Wildman–Crippen LogP) is 5.96. The van der Waals surface area contributed by atoms with Crippen LogP contribution in [0.2, 0.25) is 0 Å². The van der Waals surface area contributed by atoms with Gasteiger partial charge in [-0.2, -0.15) is 0 Å². The standard InChI is InChI=1S/C13H24Cl6O6P2/c14-1-5-20-26(21-6-2-15)24-11-13(9-18,10-19)12-25-27(22-7-3-16)23-8-4-17/h1-12H2. The van der Waals surface area contributed by atoms with Gasteiger partial charge in [0.1, 0.15) is 0 Å². The Kier molecular flexibility index (Phi) is 22.0. The van der Waals surface area contributed by atoms with Crippen LogP contribution in [0.15, 0.2) is 0 Å². The molecular weight excluding hydrogens is 527 g/mol. The molecule has 0 radical (unpaired) electrons. The lowest BCUT2D eigenvalue weighted by Gasteiger charge is -2.31. The van der Waals surface area contributed by atoms with E-state index in [1.54, 1.807) is 0 Å². The minimum absolute atomic E-state index is 0.143. The molecule has 0 fully saturated rings. The van der Waals surface area contributed by atoms with Gasteiger partial charge < -0.3 is 27.1 Å². The van der Waals surface area contributed by atoms with E-state index in [1.165, 1.54) is 0 Å². The van der Waals surface area contributed by atoms with Gasteiger partial charge in [0, 0.05) is 40.7 Å². The molecule has 164 valence electrons. The fourth-order valence-electron chi connectivity index (χ4n) is 1.27. The first-order chi connectivity index (χ1) is 13.1. The second kappa shape index (κ2) is 20.3. The Labute approximate surface area is 193 Å². The molecule has 0 aliphatic rings. The average molecular weight is 551 g/mol. The Hall–Kier alpha value is 2.36. The molecule has 0 saturated carbocycles. The summed E-state index contributed by atoms with van der Waals surface area (Å²) in [4.78, 5) is 0. The molecule has 0 aromatic carbocycles. The number of halogens is 6. The van der Waals surface area contributed by atoms with Crippen LogP contribution in [0, 0.1) is 5.41 Å². The van der Waals surface area contributed by atoms with Gasteiger partial charge in [0.2, 0.25) is 0 Å². The zero-order chi connectivity index (χ0) is 20.4. The summed E-state index contributed by atoms with van der Waals surface area (Å²) < 4.78 is 33.2. The van der Waals surface area contributed by atoms with E-state index < -0.39 is 22.6 Å². The third kappa shape index (κ3) is 14.9. The van der Waals surface area contributed by atoms with Crippen LogP contribution in [0.3, 0.4) is 0 Å². The van der Waals surface area contributed by atoms with Gasteiger partial charge in [0.25, 0.3) is 0 Å². The maximum absolute atomic E-state index is 6.13. The molecule has 0 rings (SSSR count). The lowest BCUT2D eigenvalue weighted by Crippen LogP contribution is -2.35. The molecule has 0 heterocycles. The predicted molar refractivity (Wildman–Crippen MR) is 116 cm³/mol. The van der Waals surface area contributed by atoms with Gasteiger partial charge in [0.05, 0.1) is 39.6 Å². The Morgan fingerprint density at radius 3 is 1.00 bits per heavy atom. The summed E-state index contributed by atoms with van der Waals surface area (Å²) in [6, 6.07) is 0. The smallest absolute Gasteiger partial charge is 0.311 e. The minimum Gasteiger partial charge on any atom is -0.311 e. The summed E-state index contributed by atoms with van der Waals surface area (Å²) in [5.74, 6) is 1.60. The fraction of sp³-hybridized carbons (Fsp3) is 1.00. The second-order valence-corrected chi connectivity index (χ2v) is 9.34. The van der Waals surface area contributed by atoms with E-state index in [4.69, 9.17) is 96.7 Å². The average Bonchev–Trinajstić information content (AvgIpc) is 2.70. The van der Waals surface area contributed by atoms with Crippen molar-refractivity contribution in [2.24, 2.45) is 5.41 Å². The fourth-order valence-corrected chi connectivity index (χ4v) is 4.77. The van der Waals surface area contributed by atoms with Gasteiger partial charge in [0.15, 0.2) is 0 Å². The van der Waals surface area contributed by atoms with Crippen molar-refractivity contribution < 1.29 is 27.1 Å². The number of rotatable bonds is 20. The van der Waals surface area contributed by atoms with Crippen molar-refractivity contribution >= 4 is 86.8 Å². The third-order valence-electron chi connectivity index (χ3n) is 2.61. The highest BCUT2D eigenvalue weighted by Gasteiger charge is 2.33. The number of hydrogen-bond acceptors (Lipinski definition) is 6. The largest absolute Gasteiger partial charge is 0.332 e. The topological polar surface area (TPSA) is 55.4 Å². The SMILES string of the molecule is ClCCOP(OCCCl)OCC(CCl)(CCl)COP(OCCCl)OCCCl. The lowest BCUT2D eigenvalue weighted by molar-refractivity contribution is 0.0744. The molecular formula is C13H24Cl6O6P2. The Morgan fingerprint density at radius 1 is 0.481 bits per heavy atom. The third-order valence-corrected chi connectivity index (χ3v) is 6.62. The van der Waals surface area contributed by atoms with E-state index in [1.807, 2.05) is 0 Å². The molecule has 0 bridgehead atoms. The van der Waals surface area contributed by atoms with E-state index in [2.05, 4.69) is 0 Å². The first-order valence-electron chi connectivity index (χ1n) is 7.85. The van der Waals surface area contributed by atoms with Gasteiger partial charge >= 0.3 is 17.2 Å². The Morgan fingerprint density at radius 2 is 0.778 bits per heavy atom. The van der Waals surface area contributed by atoms with E-state index in [9.17, 15) is 0 Å². The van der Waals surface area contributed by atoms with Crippen molar-refractivity contribution in [1.29, 1.82) is 0 Å². The monoisotopic (exact) mass is 548 g/mol. The molecule has 27 heavy (non-hydrogen) atoms. The molecule has 0 saturated heterocycles. The normalized spacial score (nSPS) is 12.4. The van der Waals surface area contributed by atoms with Crippen LogP contribution in [0.4, 0.5) is 0 Å². The van der Waals surface area contributed by atoms with Crippen molar-refractivity contribution in [2.75, 3.05) is 74.9 Å². The highest BCUT2D eigenvalue weighted by Crippen LogP contribution is 2.44. The van der Waals surface area contributed by atoms with Crippen LogP contribution in [-0.4, -0.2) is 74.9 Å². The van der Waals surface area contributed by atoms with Crippen molar-refractivity contribution in [1.82, 2.24) is 0 Å². The van der Waals surface area contributed by atoms with Crippen molar-refractivity contribution in [2.45, 2.75) is 0 Å². The summed E-state index contributed by atoms with van der Waals surface area (Å²) in [6.07, 6.45) is 0. The summed E-state index contributed by atoms with van der Waals surface area (Å²) in [7, 11) is -3.25. The summed E-state index contributed by atoms with van der Waals surface area (Å²) in [6.45, 7) is 1.42. The van der Waals surface area contributed by atoms with Gasteiger partial charge in [-0.3, -0.25) is 0 Å². The molecule has 0 aromatic heterocycles. The van der Waals surface area contributed by atoms with E-state index in [0.29, 0.717) is 23.5 Å². The lowest BCUT2D eigenvalue weighted by atomic mass is 9.96. The van der Waals surface area contributed by atoms with Crippen molar-refractivity contribution in [3.05, 3.63) is 0 Å². The summed E-state index contributed by atoms with van der Waals surface area (Å²) in [5.41, 5.74) is -0.701. The van der Waals surface area contributed by atoms with Crippen LogP contribution in [0.25, 0.3) is 0 Å². The van der Waals surface area contributed by atoms with Crippen LogP contribution >= 0.6 is 86.8 Å². The van der Waals surface area contributed by atoms with Crippen LogP contribution in [0.5, 0.6) is 0 Å². The molecule has 0 aliphatic heterocycles. The van der Waals surface area contributed by atoms with E-state index >= 15 is 0 Å². The molecule has 0 unspecified atom stereocenters. The molecule has 0 spiro atoms. The molecule has 6 nitrogen and oxygen atoms in total. The molecule has 0 atom stereocenters. The summed E-state index contributed by atoms with van der Waals surface area (Å²) in [5, 5.41) is 0. The molecule has 0 N–H and O–H groups in total. The van der Waals surface area contributed by atoms with Crippen molar-refractivity contribution in [3.8, 4) is 0 Å². The van der Waals surface area contributed by atoms with Gasteiger partial charge in [-0.15, -0.1) is 69.6 Å². The van der Waals surface area contributed by atoms with E-state index in [0.717, 1.165) is 0 Å². The quantitative estimate of drug-likeness (QED) is 0.138. The first-order valence-corrected chi connectivity index (χ1v) is 13.2. The highest BCUT2D eigenvalue weighted by atomic mass is 35.5. The Balaban J connectivity index is 4.70. The van der Waals surface area contributed by atoms with Crippen LogP contribution in [0.1, 0.15) is 0 Å². The zero-order valence-corrected chi connectivity index (χ0v) is 20.9. The minimum atomic E-state index is -1.63. The van der Waals surface area contributed by atoms with E-state index in [-0.39, 0.29) is 51.4 Å². The molecule has 0 aliphatic carbocycles. The molecule has 14 heteroatoms. The molecule has 0 aromatic rings. The second-order valence-electron chi connectivity index (χ2n) is 4.85. The van der Waals surface area contributed by atoms with Crippen molar-refractivity contribution in [3.63, 3.8) is 0 Å². The Bertz CT molecular complexity index is 294.